The fourth-order valence-electron chi connectivity index (χ4n) is 0.795. The molecule has 0 aliphatic carbocycles. The van der Waals surface area contributed by atoms with Gasteiger partial charge in [-0.2, -0.15) is 16.8 Å². The maximum absolute atomic E-state index is 10.6. The molecule has 9 heteroatoms. The van der Waals surface area contributed by atoms with E-state index in [-0.39, 0.29) is 48.3 Å². The van der Waals surface area contributed by atoms with Gasteiger partial charge in [-0.1, -0.05) is 6.07 Å². The first-order valence-corrected chi connectivity index (χ1v) is 6.14. The topological polar surface area (TPSA) is 109 Å². The zero-order valence-corrected chi connectivity index (χ0v) is 12.5. The van der Waals surface area contributed by atoms with Crippen molar-refractivity contribution in [1.29, 1.82) is 0 Å². The van der Waals surface area contributed by atoms with Crippen LogP contribution in [0.1, 0.15) is 2.85 Å². The summed E-state index contributed by atoms with van der Waals surface area (Å²) in [5, 5.41) is 0. The van der Waals surface area contributed by atoms with Crippen LogP contribution in [-0.4, -0.2) is 71.4 Å². The predicted molar refractivity (Wildman–Crippen MR) is 54.0 cm³/mol. The van der Waals surface area contributed by atoms with E-state index in [9.17, 15) is 16.8 Å². The third-order valence-electron chi connectivity index (χ3n) is 1.40. The van der Waals surface area contributed by atoms with Gasteiger partial charge in [0.15, 0.2) is 0 Å². The van der Waals surface area contributed by atoms with E-state index in [1.807, 2.05) is 0 Å². The summed E-state index contributed by atoms with van der Waals surface area (Å²) < 4.78 is 59.5. The van der Waals surface area contributed by atoms with Crippen molar-refractivity contribution in [3.05, 3.63) is 24.3 Å². The Bertz CT molecular complexity index is 508. The van der Waals surface area contributed by atoms with Crippen LogP contribution < -0.4 is 0 Å². The van der Waals surface area contributed by atoms with Crippen molar-refractivity contribution in [3.8, 4) is 0 Å². The van der Waals surface area contributed by atoms with Gasteiger partial charge in [0.2, 0.25) is 0 Å². The van der Waals surface area contributed by atoms with Gasteiger partial charge in [0.25, 0.3) is 20.2 Å². The molecule has 0 heterocycles. The van der Waals surface area contributed by atoms with E-state index in [2.05, 4.69) is 0 Å². The summed E-state index contributed by atoms with van der Waals surface area (Å²) in [6.07, 6.45) is 0. The standard InChI is InChI=1S/C6H6O6S2.Sr.2H/c7-13(8,9)5-2-1-3-6(4-5)14(10,11)12;;;/h1-4H,(H,7,8,9)(H,10,11,12);;;/q;+2;2*-1. The van der Waals surface area contributed by atoms with Crippen molar-refractivity contribution in [1.82, 2.24) is 0 Å². The van der Waals surface area contributed by atoms with Crippen LogP contribution in [-0.2, 0) is 20.2 Å². The number of hydrogen-bond donors (Lipinski definition) is 2. The summed E-state index contributed by atoms with van der Waals surface area (Å²) in [4.78, 5) is -1.18. The molecule has 0 spiro atoms. The molecule has 0 saturated heterocycles. The summed E-state index contributed by atoms with van der Waals surface area (Å²) >= 11 is 0. The average molecular weight is 328 g/mol. The molecule has 1 rings (SSSR count). The predicted octanol–water partition coefficient (Wildman–Crippen LogP) is 0.0242. The summed E-state index contributed by atoms with van der Waals surface area (Å²) in [5.74, 6) is 0. The molecule has 6 nitrogen and oxygen atoms in total. The fraction of sp³-hybridized carbons (Fsp3) is 0. The second-order valence-electron chi connectivity index (χ2n) is 2.42. The Hall–Kier alpha value is 0.521. The molecular formula is C6H8O6S2Sr. The summed E-state index contributed by atoms with van der Waals surface area (Å²) in [6.45, 7) is 0. The van der Waals surface area contributed by atoms with Crippen LogP contribution >= 0.6 is 0 Å². The van der Waals surface area contributed by atoms with Gasteiger partial charge in [-0.15, -0.1) is 0 Å². The smallest absolute Gasteiger partial charge is 1.00 e. The van der Waals surface area contributed by atoms with Gasteiger partial charge < -0.3 is 2.85 Å². The second kappa shape index (κ2) is 5.23. The van der Waals surface area contributed by atoms with Crippen molar-refractivity contribution in [2.75, 3.05) is 0 Å². The van der Waals surface area contributed by atoms with E-state index in [4.69, 9.17) is 9.11 Å². The maximum atomic E-state index is 10.6. The first-order chi connectivity index (χ1) is 6.21. The first kappa shape index (κ1) is 15.5. The van der Waals surface area contributed by atoms with Crippen LogP contribution in [0.5, 0.6) is 0 Å². The quantitative estimate of drug-likeness (QED) is 0.585. The molecule has 0 aromatic heterocycles. The molecule has 0 atom stereocenters. The van der Waals surface area contributed by atoms with E-state index in [1.54, 1.807) is 0 Å². The SMILES string of the molecule is O=S(=O)(O)c1cccc(S(=O)(=O)O)c1.[H-].[H-].[Sr+2]. The normalized spacial score (nSPS) is 11.9. The third-order valence-corrected chi connectivity index (χ3v) is 3.10. The molecule has 15 heavy (non-hydrogen) atoms. The molecule has 0 saturated carbocycles. The van der Waals surface area contributed by atoms with E-state index in [0.29, 0.717) is 6.07 Å². The van der Waals surface area contributed by atoms with Crippen LogP contribution in [0.4, 0.5) is 0 Å². The molecule has 0 fully saturated rings. The van der Waals surface area contributed by atoms with Crippen molar-refractivity contribution in [2.24, 2.45) is 0 Å². The largest absolute Gasteiger partial charge is 2.00 e. The van der Waals surface area contributed by atoms with Gasteiger partial charge in [-0.3, -0.25) is 9.11 Å². The minimum Gasteiger partial charge on any atom is -1.00 e. The molecule has 0 unspecified atom stereocenters. The van der Waals surface area contributed by atoms with Crippen molar-refractivity contribution in [2.45, 2.75) is 9.79 Å². The van der Waals surface area contributed by atoms with Gasteiger partial charge in [0.05, 0.1) is 9.79 Å². The molecule has 0 amide bonds. The number of rotatable bonds is 2. The van der Waals surface area contributed by atoms with Gasteiger partial charge in [0.1, 0.15) is 0 Å². The Morgan fingerprint density at radius 1 is 0.933 bits per heavy atom. The monoisotopic (exact) mass is 328 g/mol. The number of benzene rings is 1. The molecule has 1 aromatic carbocycles. The van der Waals surface area contributed by atoms with Gasteiger partial charge in [-0.05, 0) is 18.2 Å². The van der Waals surface area contributed by atoms with Crippen LogP contribution in [0, 0.1) is 0 Å². The number of hydrogen-bond acceptors (Lipinski definition) is 4. The van der Waals surface area contributed by atoms with Crippen molar-refractivity contribution in [3.63, 3.8) is 0 Å². The minimum atomic E-state index is -4.46. The molecule has 0 aliphatic rings. The van der Waals surface area contributed by atoms with E-state index < -0.39 is 30.0 Å². The van der Waals surface area contributed by atoms with Gasteiger partial charge in [-0.25, -0.2) is 0 Å². The fourth-order valence-corrected chi connectivity index (χ4v) is 1.92. The molecule has 0 aliphatic heterocycles. The summed E-state index contributed by atoms with van der Waals surface area (Å²) in [5.41, 5.74) is 0. The second-order valence-corrected chi connectivity index (χ2v) is 5.27. The van der Waals surface area contributed by atoms with Crippen LogP contribution in [0.15, 0.2) is 34.1 Å². The van der Waals surface area contributed by atoms with Gasteiger partial charge >= 0.3 is 45.5 Å². The Labute approximate surface area is 127 Å². The molecule has 1 aromatic rings. The van der Waals surface area contributed by atoms with Crippen molar-refractivity contribution < 1.29 is 28.8 Å². The molecule has 0 radical (unpaired) electrons. The Balaban J connectivity index is -0.000000653. The Kier molecular flexibility index (Phi) is 5.42. The van der Waals surface area contributed by atoms with Gasteiger partial charge in [0, 0.05) is 0 Å². The van der Waals surface area contributed by atoms with Crippen molar-refractivity contribution >= 4 is 65.7 Å². The first-order valence-electron chi connectivity index (χ1n) is 3.26. The third kappa shape index (κ3) is 4.49. The zero-order chi connectivity index (χ0) is 11.0. The minimum absolute atomic E-state index is 0. The van der Waals surface area contributed by atoms with Crippen LogP contribution in [0.3, 0.4) is 0 Å². The van der Waals surface area contributed by atoms with E-state index in [0.717, 1.165) is 18.2 Å². The maximum Gasteiger partial charge on any atom is 2.00 e. The molecule has 0 bridgehead atoms. The average Bonchev–Trinajstić information content (AvgIpc) is 2.01. The molecular weight excluding hydrogens is 320 g/mol. The van der Waals surface area contributed by atoms with E-state index in [1.165, 1.54) is 0 Å². The molecule has 2 N–H and O–H groups in total. The Morgan fingerprint density at radius 3 is 1.53 bits per heavy atom. The summed E-state index contributed by atoms with van der Waals surface area (Å²) in [7, 11) is -8.92. The summed E-state index contributed by atoms with van der Waals surface area (Å²) in [6, 6.07) is 3.75. The zero-order valence-electron chi connectivity index (χ0n) is 9.36. The Morgan fingerprint density at radius 2 is 1.27 bits per heavy atom. The van der Waals surface area contributed by atoms with Crippen LogP contribution in [0.2, 0.25) is 0 Å². The molecule has 82 valence electrons. The van der Waals surface area contributed by atoms with Crippen LogP contribution in [0.25, 0.3) is 0 Å². The van der Waals surface area contributed by atoms with E-state index >= 15 is 0 Å².